The van der Waals surface area contributed by atoms with Gasteiger partial charge in [0.25, 0.3) is 5.91 Å². The zero-order valence-corrected chi connectivity index (χ0v) is 20.1. The van der Waals surface area contributed by atoms with Gasteiger partial charge in [-0.15, -0.1) is 11.3 Å². The summed E-state index contributed by atoms with van der Waals surface area (Å²) in [6.45, 7) is 6.88. The predicted octanol–water partition coefficient (Wildman–Crippen LogP) is 4.69. The summed E-state index contributed by atoms with van der Waals surface area (Å²) in [4.78, 5) is 19.7. The molecule has 1 aliphatic heterocycles. The average molecular weight is 468 g/mol. The van der Waals surface area contributed by atoms with Crippen molar-refractivity contribution >= 4 is 22.4 Å². The first-order chi connectivity index (χ1) is 15.9. The third-order valence-corrected chi connectivity index (χ3v) is 6.28. The SMILES string of the molecule is COc1ccc(OC)c(-c2csc(NC(=O)c3ccc(CN4CC(C)OC(C)C4)cc3)n2)c1. The van der Waals surface area contributed by atoms with Crippen LogP contribution in [-0.4, -0.2) is 55.3 Å². The first-order valence-corrected chi connectivity index (χ1v) is 11.8. The van der Waals surface area contributed by atoms with Crippen molar-refractivity contribution in [1.82, 2.24) is 9.88 Å². The van der Waals surface area contributed by atoms with Crippen molar-refractivity contribution in [1.29, 1.82) is 0 Å². The molecule has 1 saturated heterocycles. The second-order valence-electron chi connectivity index (χ2n) is 8.21. The number of carbonyl (C=O) groups is 1. The summed E-state index contributed by atoms with van der Waals surface area (Å²) in [5, 5.41) is 5.31. The Labute approximate surface area is 198 Å². The standard InChI is InChI=1S/C25H29N3O4S/c1-16-12-28(13-17(2)32-16)14-18-5-7-19(8-6-18)24(29)27-25-26-22(15-33-25)21-11-20(30-3)9-10-23(21)31-4/h5-11,15-17H,12-14H2,1-4H3,(H,26,27,29). The number of rotatable bonds is 7. The van der Waals surface area contributed by atoms with Crippen LogP contribution < -0.4 is 14.8 Å². The van der Waals surface area contributed by atoms with Crippen LogP contribution in [0.5, 0.6) is 11.5 Å². The molecule has 0 bridgehead atoms. The topological polar surface area (TPSA) is 72.9 Å². The second kappa shape index (κ2) is 10.3. The van der Waals surface area contributed by atoms with Gasteiger partial charge in [-0.05, 0) is 49.7 Å². The molecule has 1 aromatic heterocycles. The van der Waals surface area contributed by atoms with Gasteiger partial charge in [0.2, 0.25) is 0 Å². The highest BCUT2D eigenvalue weighted by Crippen LogP contribution is 2.35. The number of benzene rings is 2. The van der Waals surface area contributed by atoms with Gasteiger partial charge in [0.1, 0.15) is 11.5 Å². The van der Waals surface area contributed by atoms with Gasteiger partial charge in [0.15, 0.2) is 5.13 Å². The Bertz CT molecular complexity index is 1090. The number of ether oxygens (including phenoxy) is 3. The number of anilines is 1. The normalized spacial score (nSPS) is 18.7. The zero-order chi connectivity index (χ0) is 23.4. The Morgan fingerprint density at radius 2 is 1.85 bits per heavy atom. The molecule has 0 saturated carbocycles. The maximum absolute atomic E-state index is 12.8. The monoisotopic (exact) mass is 467 g/mol. The summed E-state index contributed by atoms with van der Waals surface area (Å²) in [6, 6.07) is 13.3. The largest absolute Gasteiger partial charge is 0.497 e. The zero-order valence-electron chi connectivity index (χ0n) is 19.3. The third kappa shape index (κ3) is 5.71. The van der Waals surface area contributed by atoms with Gasteiger partial charge in [-0.1, -0.05) is 12.1 Å². The van der Waals surface area contributed by atoms with Crippen LogP contribution in [0.3, 0.4) is 0 Å². The van der Waals surface area contributed by atoms with Crippen LogP contribution >= 0.6 is 11.3 Å². The minimum atomic E-state index is -0.186. The summed E-state index contributed by atoms with van der Waals surface area (Å²) < 4.78 is 16.6. The number of nitrogens with zero attached hydrogens (tertiary/aromatic N) is 2. The number of nitrogens with one attached hydrogen (secondary N) is 1. The number of methoxy groups -OCH3 is 2. The predicted molar refractivity (Wildman–Crippen MR) is 130 cm³/mol. The van der Waals surface area contributed by atoms with Crippen LogP contribution in [0.4, 0.5) is 5.13 Å². The molecule has 1 N–H and O–H groups in total. The van der Waals surface area contributed by atoms with E-state index in [4.69, 9.17) is 14.2 Å². The van der Waals surface area contributed by atoms with Crippen molar-refractivity contribution in [2.24, 2.45) is 0 Å². The Hall–Kier alpha value is -2.94. The number of carbonyl (C=O) groups excluding carboxylic acids is 1. The van der Waals surface area contributed by atoms with E-state index in [1.807, 2.05) is 47.8 Å². The summed E-state index contributed by atoms with van der Waals surface area (Å²) in [6.07, 6.45) is 0.470. The summed E-state index contributed by atoms with van der Waals surface area (Å²) in [7, 11) is 3.23. The molecule has 1 aliphatic rings. The van der Waals surface area contributed by atoms with E-state index in [0.717, 1.165) is 30.9 Å². The van der Waals surface area contributed by atoms with Crippen molar-refractivity contribution in [2.75, 3.05) is 32.6 Å². The smallest absolute Gasteiger partial charge is 0.257 e. The fraction of sp³-hybridized carbons (Fsp3) is 0.360. The fourth-order valence-corrected chi connectivity index (χ4v) is 4.78. The van der Waals surface area contributed by atoms with Crippen LogP contribution in [0.25, 0.3) is 11.3 Å². The fourth-order valence-electron chi connectivity index (χ4n) is 4.07. The summed E-state index contributed by atoms with van der Waals surface area (Å²) in [5.74, 6) is 1.22. The molecule has 2 atom stereocenters. The Balaban J connectivity index is 1.41. The molecule has 33 heavy (non-hydrogen) atoms. The minimum Gasteiger partial charge on any atom is -0.497 e. The summed E-state index contributed by atoms with van der Waals surface area (Å²) >= 11 is 1.37. The molecule has 1 fully saturated rings. The van der Waals surface area contributed by atoms with Crippen molar-refractivity contribution in [3.8, 4) is 22.8 Å². The van der Waals surface area contributed by atoms with E-state index in [-0.39, 0.29) is 18.1 Å². The van der Waals surface area contributed by atoms with Gasteiger partial charge >= 0.3 is 0 Å². The van der Waals surface area contributed by atoms with Gasteiger partial charge in [0, 0.05) is 36.1 Å². The molecule has 1 amide bonds. The maximum atomic E-state index is 12.8. The first-order valence-electron chi connectivity index (χ1n) is 10.9. The number of hydrogen-bond acceptors (Lipinski definition) is 7. The lowest BCUT2D eigenvalue weighted by atomic mass is 10.1. The quantitative estimate of drug-likeness (QED) is 0.544. The Morgan fingerprint density at radius 1 is 1.12 bits per heavy atom. The highest BCUT2D eigenvalue weighted by atomic mass is 32.1. The van der Waals surface area contributed by atoms with Gasteiger partial charge in [-0.2, -0.15) is 0 Å². The van der Waals surface area contributed by atoms with E-state index in [9.17, 15) is 4.79 Å². The van der Waals surface area contributed by atoms with E-state index >= 15 is 0 Å². The molecule has 8 heteroatoms. The van der Waals surface area contributed by atoms with E-state index in [0.29, 0.717) is 22.2 Å². The lowest BCUT2D eigenvalue weighted by Crippen LogP contribution is -2.44. The van der Waals surface area contributed by atoms with E-state index in [1.165, 1.54) is 16.9 Å². The Morgan fingerprint density at radius 3 is 2.52 bits per heavy atom. The lowest BCUT2D eigenvalue weighted by molar-refractivity contribution is -0.0704. The molecule has 7 nitrogen and oxygen atoms in total. The molecule has 0 spiro atoms. The van der Waals surface area contributed by atoms with Crippen molar-refractivity contribution < 1.29 is 19.0 Å². The number of morpholine rings is 1. The molecule has 3 aromatic rings. The third-order valence-electron chi connectivity index (χ3n) is 5.52. The molecule has 174 valence electrons. The Kier molecular flexibility index (Phi) is 7.27. The number of thiazole rings is 1. The maximum Gasteiger partial charge on any atom is 0.257 e. The van der Waals surface area contributed by atoms with Gasteiger partial charge in [0.05, 0.1) is 32.1 Å². The first kappa shape index (κ1) is 23.2. The summed E-state index contributed by atoms with van der Waals surface area (Å²) in [5.41, 5.74) is 3.30. The van der Waals surface area contributed by atoms with Crippen LogP contribution in [0.2, 0.25) is 0 Å². The van der Waals surface area contributed by atoms with Crippen LogP contribution in [-0.2, 0) is 11.3 Å². The molecule has 2 heterocycles. The molecule has 0 aliphatic carbocycles. The highest BCUT2D eigenvalue weighted by molar-refractivity contribution is 7.14. The average Bonchev–Trinajstić information content (AvgIpc) is 3.26. The molecule has 2 unspecified atom stereocenters. The second-order valence-corrected chi connectivity index (χ2v) is 9.06. The van der Waals surface area contributed by atoms with Crippen LogP contribution in [0, 0.1) is 0 Å². The molecule has 0 radical (unpaired) electrons. The van der Waals surface area contributed by atoms with Crippen molar-refractivity contribution in [3.05, 3.63) is 59.0 Å². The number of amides is 1. The van der Waals surface area contributed by atoms with Crippen LogP contribution in [0.1, 0.15) is 29.8 Å². The highest BCUT2D eigenvalue weighted by Gasteiger charge is 2.22. The van der Waals surface area contributed by atoms with Gasteiger partial charge in [-0.25, -0.2) is 4.98 Å². The van der Waals surface area contributed by atoms with Gasteiger partial charge in [-0.3, -0.25) is 15.0 Å². The van der Waals surface area contributed by atoms with E-state index in [2.05, 4.69) is 29.0 Å². The molecule has 2 aromatic carbocycles. The van der Waals surface area contributed by atoms with Crippen molar-refractivity contribution in [3.63, 3.8) is 0 Å². The van der Waals surface area contributed by atoms with Crippen LogP contribution in [0.15, 0.2) is 47.8 Å². The number of aromatic nitrogens is 1. The van der Waals surface area contributed by atoms with Gasteiger partial charge < -0.3 is 14.2 Å². The molecular weight excluding hydrogens is 438 g/mol. The van der Waals surface area contributed by atoms with Crippen molar-refractivity contribution in [2.45, 2.75) is 32.6 Å². The number of hydrogen-bond donors (Lipinski definition) is 1. The minimum absolute atomic E-state index is 0.186. The lowest BCUT2D eigenvalue weighted by Gasteiger charge is -2.35. The van der Waals surface area contributed by atoms with E-state index in [1.54, 1.807) is 14.2 Å². The van der Waals surface area contributed by atoms with E-state index < -0.39 is 0 Å². The molecular formula is C25H29N3O4S. The molecule has 4 rings (SSSR count).